The number of nitrogens with one attached hydrogen (secondary N) is 4. The summed E-state index contributed by atoms with van der Waals surface area (Å²) in [5, 5.41) is 11.1. The Morgan fingerprint density at radius 3 is 2.12 bits per heavy atom. The topological polar surface area (TPSA) is 155 Å². The van der Waals surface area contributed by atoms with Gasteiger partial charge in [0.25, 0.3) is 5.91 Å². The van der Waals surface area contributed by atoms with Gasteiger partial charge in [-0.3, -0.25) is 24.0 Å². The van der Waals surface area contributed by atoms with Crippen molar-refractivity contribution in [3.63, 3.8) is 0 Å². The highest BCUT2D eigenvalue weighted by Crippen LogP contribution is 2.33. The van der Waals surface area contributed by atoms with Gasteiger partial charge >= 0.3 is 0 Å². The molecule has 2 aromatic carbocycles. The summed E-state index contributed by atoms with van der Waals surface area (Å²) in [7, 11) is 0. The molecule has 258 valence electrons. The minimum Gasteiger partial charge on any atom is -0.492 e. The summed E-state index contributed by atoms with van der Waals surface area (Å²) in [6.07, 6.45) is 5.74. The number of fused-ring (bicyclic) bond motifs is 15. The third-order valence-electron chi connectivity index (χ3n) is 9.47. The number of hydrogen-bond donors (Lipinski definition) is 4. The van der Waals surface area contributed by atoms with E-state index in [1.54, 1.807) is 38.1 Å². The second-order valence-electron chi connectivity index (χ2n) is 13.0. The number of ether oxygens (including phenoxy) is 2. The van der Waals surface area contributed by atoms with Gasteiger partial charge in [-0.15, -0.1) is 0 Å². The normalized spacial score (nSPS) is 24.7. The molecule has 1 aliphatic carbocycles. The van der Waals surface area contributed by atoms with Gasteiger partial charge in [0.1, 0.15) is 36.2 Å². The maximum absolute atomic E-state index is 14.1. The Morgan fingerprint density at radius 2 is 1.44 bits per heavy atom. The predicted octanol–water partition coefficient (Wildman–Crippen LogP) is 2.25. The largest absolute Gasteiger partial charge is 0.492 e. The van der Waals surface area contributed by atoms with Crippen LogP contribution in [-0.2, 0) is 30.4 Å². The van der Waals surface area contributed by atoms with E-state index in [2.05, 4.69) is 21.3 Å². The van der Waals surface area contributed by atoms with Crippen LogP contribution >= 0.6 is 0 Å². The van der Waals surface area contributed by atoms with Crippen LogP contribution in [0.25, 0.3) is 0 Å². The summed E-state index contributed by atoms with van der Waals surface area (Å²) in [5.74, 6) is -0.813. The average Bonchev–Trinajstić information content (AvgIpc) is 3.10. The van der Waals surface area contributed by atoms with Crippen molar-refractivity contribution in [2.24, 2.45) is 5.92 Å². The SMILES string of the molecule is C[C@@H]1NC(=O)[C@H](Cc2ccccc2)NC(=O)[C@H](C)NC(=O)C2(CCN(C(=O)C3CCCCC3)CC2)Oc2ccc(cc2)OCCNC1=O. The minimum atomic E-state index is -1.33. The Kier molecular flexibility index (Phi) is 11.6. The molecule has 3 heterocycles. The van der Waals surface area contributed by atoms with E-state index in [0.29, 0.717) is 24.6 Å². The Morgan fingerprint density at radius 1 is 0.792 bits per heavy atom. The first-order chi connectivity index (χ1) is 23.1. The molecule has 2 fully saturated rings. The molecular formula is C36H47N5O7. The molecule has 0 unspecified atom stereocenters. The van der Waals surface area contributed by atoms with Gasteiger partial charge in [0.05, 0.1) is 6.54 Å². The summed E-state index contributed by atoms with van der Waals surface area (Å²) in [4.78, 5) is 68.9. The number of likely N-dealkylation sites (tertiary alicyclic amines) is 1. The Labute approximate surface area is 281 Å². The zero-order chi connectivity index (χ0) is 34.1. The van der Waals surface area contributed by atoms with Crippen molar-refractivity contribution in [3.05, 3.63) is 60.2 Å². The van der Waals surface area contributed by atoms with Crippen molar-refractivity contribution in [2.45, 2.75) is 88.9 Å². The maximum atomic E-state index is 14.1. The van der Waals surface area contributed by atoms with Gasteiger partial charge in [-0.1, -0.05) is 49.6 Å². The van der Waals surface area contributed by atoms with Crippen LogP contribution in [0.5, 0.6) is 11.5 Å². The molecule has 2 bridgehead atoms. The molecule has 12 heteroatoms. The summed E-state index contributed by atoms with van der Waals surface area (Å²) in [6, 6.07) is 13.2. The van der Waals surface area contributed by atoms with Gasteiger partial charge in [-0.2, -0.15) is 0 Å². The molecule has 0 radical (unpaired) electrons. The standard InChI is InChI=1S/C36H47N5O7/c1-24-31(42)37-19-22-47-28-13-15-29(16-14-28)48-36(17-20-41(21-18-36)34(45)27-11-7-4-8-12-27)35(46)39-25(2)32(43)40-30(33(44)38-24)23-26-9-5-3-6-10-26/h3,5-6,9-10,13-16,24-25,27,30H,4,7-8,11-12,17-23H2,1-2H3,(H,37,42)(H,38,44)(H,39,46)(H,40,43)/t24-,25-,30-/m0/s1. The van der Waals surface area contributed by atoms with Gasteiger partial charge in [0.2, 0.25) is 23.6 Å². The van der Waals surface area contributed by atoms with Crippen LogP contribution < -0.4 is 30.7 Å². The molecule has 48 heavy (non-hydrogen) atoms. The third-order valence-corrected chi connectivity index (χ3v) is 9.47. The summed E-state index contributed by atoms with van der Waals surface area (Å²) < 4.78 is 12.2. The number of piperidine rings is 1. The molecule has 3 aliphatic heterocycles. The number of benzene rings is 2. The molecule has 2 aromatic rings. The molecular weight excluding hydrogens is 614 g/mol. The van der Waals surface area contributed by atoms with E-state index >= 15 is 0 Å². The van der Waals surface area contributed by atoms with Gasteiger partial charge in [-0.25, -0.2) is 0 Å². The first-order valence-electron chi connectivity index (χ1n) is 17.1. The fourth-order valence-electron chi connectivity index (χ4n) is 6.53. The Bertz CT molecular complexity index is 1440. The van der Waals surface area contributed by atoms with Crippen molar-refractivity contribution in [1.29, 1.82) is 0 Å². The number of hydrogen-bond acceptors (Lipinski definition) is 7. The van der Waals surface area contributed by atoms with Crippen LogP contribution in [0.15, 0.2) is 54.6 Å². The van der Waals surface area contributed by atoms with E-state index in [1.807, 2.05) is 35.2 Å². The van der Waals surface area contributed by atoms with E-state index in [4.69, 9.17) is 9.47 Å². The smallest absolute Gasteiger partial charge is 0.264 e. The quantitative estimate of drug-likeness (QED) is 0.368. The van der Waals surface area contributed by atoms with Crippen LogP contribution in [0.3, 0.4) is 0 Å². The number of nitrogens with zero attached hydrogens (tertiary/aromatic N) is 1. The minimum absolute atomic E-state index is 0.0231. The summed E-state index contributed by atoms with van der Waals surface area (Å²) in [6.45, 7) is 4.22. The molecule has 1 saturated carbocycles. The molecule has 4 N–H and O–H groups in total. The fraction of sp³-hybridized carbons (Fsp3) is 0.528. The highest BCUT2D eigenvalue weighted by Gasteiger charge is 2.46. The molecule has 0 aromatic heterocycles. The van der Waals surface area contributed by atoms with Gasteiger partial charge < -0.3 is 35.6 Å². The lowest BCUT2D eigenvalue weighted by Gasteiger charge is -2.42. The molecule has 1 saturated heterocycles. The third kappa shape index (κ3) is 8.84. The average molecular weight is 662 g/mol. The number of amides is 5. The predicted molar refractivity (Wildman–Crippen MR) is 178 cm³/mol. The lowest BCUT2D eigenvalue weighted by Crippen LogP contribution is -2.62. The second-order valence-corrected chi connectivity index (χ2v) is 13.0. The Hall–Kier alpha value is -4.61. The summed E-state index contributed by atoms with van der Waals surface area (Å²) in [5.41, 5.74) is -0.521. The lowest BCUT2D eigenvalue weighted by atomic mass is 9.85. The number of carbonyl (C=O) groups excluding carboxylic acids is 5. The molecule has 1 spiro atoms. The number of carbonyl (C=O) groups is 5. The highest BCUT2D eigenvalue weighted by atomic mass is 16.5. The summed E-state index contributed by atoms with van der Waals surface area (Å²) >= 11 is 0. The van der Waals surface area contributed by atoms with E-state index in [1.165, 1.54) is 0 Å². The van der Waals surface area contributed by atoms with E-state index in [9.17, 15) is 24.0 Å². The van der Waals surface area contributed by atoms with Crippen LogP contribution in [0.4, 0.5) is 0 Å². The van der Waals surface area contributed by atoms with Crippen LogP contribution in [0.2, 0.25) is 0 Å². The van der Waals surface area contributed by atoms with Gasteiger partial charge in [0, 0.05) is 38.3 Å². The van der Waals surface area contributed by atoms with Gasteiger partial charge in [0.15, 0.2) is 5.60 Å². The van der Waals surface area contributed by atoms with Crippen molar-refractivity contribution >= 4 is 29.5 Å². The zero-order valence-corrected chi connectivity index (χ0v) is 27.8. The van der Waals surface area contributed by atoms with E-state index < -0.39 is 47.4 Å². The maximum Gasteiger partial charge on any atom is 0.264 e. The van der Waals surface area contributed by atoms with Crippen molar-refractivity contribution in [2.75, 3.05) is 26.2 Å². The molecule has 5 amide bonds. The molecule has 12 nitrogen and oxygen atoms in total. The van der Waals surface area contributed by atoms with Gasteiger partial charge in [-0.05, 0) is 56.5 Å². The second kappa shape index (κ2) is 16.0. The van der Waals surface area contributed by atoms with Crippen molar-refractivity contribution < 1.29 is 33.4 Å². The number of rotatable bonds is 3. The Balaban J connectivity index is 1.37. The first kappa shape index (κ1) is 34.7. The fourth-order valence-corrected chi connectivity index (χ4v) is 6.53. The zero-order valence-electron chi connectivity index (χ0n) is 27.8. The van der Waals surface area contributed by atoms with Crippen LogP contribution in [0, 0.1) is 5.92 Å². The molecule has 3 atom stereocenters. The van der Waals surface area contributed by atoms with Crippen LogP contribution in [-0.4, -0.2) is 84.4 Å². The highest BCUT2D eigenvalue weighted by molar-refractivity contribution is 5.95. The van der Waals surface area contributed by atoms with Crippen molar-refractivity contribution in [1.82, 2.24) is 26.2 Å². The molecule has 6 rings (SSSR count). The van der Waals surface area contributed by atoms with E-state index in [0.717, 1.165) is 37.7 Å². The van der Waals surface area contributed by atoms with Crippen LogP contribution in [0.1, 0.15) is 64.4 Å². The van der Waals surface area contributed by atoms with E-state index in [-0.39, 0.29) is 44.2 Å². The molecule has 4 aliphatic rings. The van der Waals surface area contributed by atoms with Crippen molar-refractivity contribution in [3.8, 4) is 11.5 Å². The monoisotopic (exact) mass is 661 g/mol. The lowest BCUT2D eigenvalue weighted by molar-refractivity contribution is -0.149. The first-order valence-corrected chi connectivity index (χ1v) is 17.1.